The second-order valence-corrected chi connectivity index (χ2v) is 5.56. The molecule has 0 bridgehead atoms. The van der Waals surface area contributed by atoms with E-state index in [1.165, 1.54) is 0 Å². The lowest BCUT2D eigenvalue weighted by molar-refractivity contribution is 0.0942. The van der Waals surface area contributed by atoms with Crippen LogP contribution in [0.2, 0.25) is 0 Å². The van der Waals surface area contributed by atoms with Crippen molar-refractivity contribution in [1.82, 2.24) is 20.4 Å². The van der Waals surface area contributed by atoms with Gasteiger partial charge in [-0.25, -0.2) is 0 Å². The quantitative estimate of drug-likeness (QED) is 0.596. The summed E-state index contributed by atoms with van der Waals surface area (Å²) in [5.74, 6) is 0.889. The summed E-state index contributed by atoms with van der Waals surface area (Å²) in [5.41, 5.74) is 2.67. The first-order valence-electron chi connectivity index (χ1n) is 7.93. The molecule has 128 valence electrons. The SMILES string of the molecule is O=C(NCc1cncc(-c2ccco2)c1)c1cc(-c2cccnc2)on1. The minimum absolute atomic E-state index is 0.207. The van der Waals surface area contributed by atoms with Crippen molar-refractivity contribution < 1.29 is 13.7 Å². The summed E-state index contributed by atoms with van der Waals surface area (Å²) in [6, 6.07) is 10.8. The van der Waals surface area contributed by atoms with E-state index < -0.39 is 0 Å². The average molecular weight is 346 g/mol. The molecule has 1 N–H and O–H groups in total. The maximum absolute atomic E-state index is 12.3. The van der Waals surface area contributed by atoms with Gasteiger partial charge in [0, 0.05) is 48.5 Å². The molecule has 7 nitrogen and oxygen atoms in total. The summed E-state index contributed by atoms with van der Waals surface area (Å²) < 4.78 is 10.6. The molecule has 0 aromatic carbocycles. The van der Waals surface area contributed by atoms with Crippen molar-refractivity contribution >= 4 is 5.91 Å². The smallest absolute Gasteiger partial charge is 0.273 e. The van der Waals surface area contributed by atoms with Gasteiger partial charge in [-0.1, -0.05) is 5.16 Å². The fourth-order valence-corrected chi connectivity index (χ4v) is 2.46. The van der Waals surface area contributed by atoms with Crippen LogP contribution in [0.25, 0.3) is 22.6 Å². The van der Waals surface area contributed by atoms with Crippen molar-refractivity contribution in [3.63, 3.8) is 0 Å². The van der Waals surface area contributed by atoms with Gasteiger partial charge >= 0.3 is 0 Å². The van der Waals surface area contributed by atoms with Crippen LogP contribution in [0.1, 0.15) is 16.1 Å². The molecule has 0 radical (unpaired) electrons. The van der Waals surface area contributed by atoms with Crippen molar-refractivity contribution in [3.8, 4) is 22.6 Å². The molecule has 1 amide bonds. The number of nitrogens with zero attached hydrogens (tertiary/aromatic N) is 3. The van der Waals surface area contributed by atoms with Crippen molar-refractivity contribution in [2.45, 2.75) is 6.54 Å². The molecular formula is C19H14N4O3. The number of carbonyl (C=O) groups is 1. The summed E-state index contributed by atoms with van der Waals surface area (Å²) in [6.07, 6.45) is 8.32. The van der Waals surface area contributed by atoms with E-state index in [4.69, 9.17) is 8.94 Å². The summed E-state index contributed by atoms with van der Waals surface area (Å²) in [7, 11) is 0. The number of furan rings is 1. The summed E-state index contributed by atoms with van der Waals surface area (Å²) in [4.78, 5) is 20.5. The summed E-state index contributed by atoms with van der Waals surface area (Å²) in [6.45, 7) is 0.315. The minimum atomic E-state index is -0.327. The predicted molar refractivity (Wildman–Crippen MR) is 92.8 cm³/mol. The summed E-state index contributed by atoms with van der Waals surface area (Å²) in [5, 5.41) is 6.62. The van der Waals surface area contributed by atoms with E-state index in [0.717, 1.165) is 22.5 Å². The van der Waals surface area contributed by atoms with Gasteiger partial charge in [0.05, 0.1) is 6.26 Å². The average Bonchev–Trinajstić information content (AvgIpc) is 3.39. The predicted octanol–water partition coefficient (Wildman–Crippen LogP) is 3.32. The van der Waals surface area contributed by atoms with E-state index in [2.05, 4.69) is 20.4 Å². The van der Waals surface area contributed by atoms with Crippen molar-refractivity contribution in [2.24, 2.45) is 0 Å². The summed E-state index contributed by atoms with van der Waals surface area (Å²) >= 11 is 0. The zero-order valence-electron chi connectivity index (χ0n) is 13.6. The highest BCUT2D eigenvalue weighted by Gasteiger charge is 2.14. The van der Waals surface area contributed by atoms with Gasteiger partial charge in [-0.15, -0.1) is 0 Å². The number of carbonyl (C=O) groups excluding carboxylic acids is 1. The molecule has 0 fully saturated rings. The van der Waals surface area contributed by atoms with Gasteiger partial charge in [0.2, 0.25) is 0 Å². The zero-order valence-corrected chi connectivity index (χ0v) is 13.6. The third-order valence-electron chi connectivity index (χ3n) is 3.74. The van der Waals surface area contributed by atoms with Crippen LogP contribution in [-0.4, -0.2) is 21.0 Å². The normalized spacial score (nSPS) is 10.6. The molecule has 4 aromatic rings. The van der Waals surface area contributed by atoms with Crippen LogP contribution >= 0.6 is 0 Å². The number of aromatic nitrogens is 3. The Morgan fingerprint density at radius 2 is 1.92 bits per heavy atom. The van der Waals surface area contributed by atoms with Gasteiger partial charge in [0.15, 0.2) is 11.5 Å². The second-order valence-electron chi connectivity index (χ2n) is 5.56. The maximum atomic E-state index is 12.3. The van der Waals surface area contributed by atoms with E-state index in [1.807, 2.05) is 24.3 Å². The number of amides is 1. The highest BCUT2D eigenvalue weighted by Crippen LogP contribution is 2.20. The molecule has 4 heterocycles. The van der Waals surface area contributed by atoms with Gasteiger partial charge in [0.1, 0.15) is 5.76 Å². The molecule has 4 aromatic heterocycles. The molecule has 7 heteroatoms. The first-order chi connectivity index (χ1) is 12.8. The minimum Gasteiger partial charge on any atom is -0.464 e. The number of rotatable bonds is 5. The molecule has 0 aliphatic rings. The molecule has 0 saturated heterocycles. The molecule has 26 heavy (non-hydrogen) atoms. The van der Waals surface area contributed by atoms with Crippen molar-refractivity contribution in [1.29, 1.82) is 0 Å². The molecule has 0 atom stereocenters. The van der Waals surface area contributed by atoms with Gasteiger partial charge in [-0.3, -0.25) is 14.8 Å². The Hall–Kier alpha value is -3.74. The van der Waals surface area contributed by atoms with Crippen molar-refractivity contribution in [3.05, 3.63) is 78.7 Å². The van der Waals surface area contributed by atoms with E-state index in [1.54, 1.807) is 43.2 Å². The molecule has 4 rings (SSSR count). The van der Waals surface area contributed by atoms with Gasteiger partial charge < -0.3 is 14.3 Å². The van der Waals surface area contributed by atoms with Crippen LogP contribution in [-0.2, 0) is 6.54 Å². The van der Waals surface area contributed by atoms with Crippen LogP contribution < -0.4 is 5.32 Å². The van der Waals surface area contributed by atoms with Crippen molar-refractivity contribution in [2.75, 3.05) is 0 Å². The fourth-order valence-electron chi connectivity index (χ4n) is 2.46. The van der Waals surface area contributed by atoms with Crippen LogP contribution in [0, 0.1) is 0 Å². The van der Waals surface area contributed by atoms with E-state index in [9.17, 15) is 4.79 Å². The lowest BCUT2D eigenvalue weighted by Gasteiger charge is -2.04. The van der Waals surface area contributed by atoms with E-state index in [-0.39, 0.29) is 11.6 Å². The number of pyridine rings is 2. The standard InChI is InChI=1S/C19H14N4O3/c24-19(16-8-18(26-23-16)14-3-1-5-20-11-14)22-10-13-7-15(12-21-9-13)17-4-2-6-25-17/h1-9,11-12H,10H2,(H,22,24). The molecule has 0 aliphatic carbocycles. The van der Waals surface area contributed by atoms with Crippen LogP contribution in [0.15, 0.2) is 76.4 Å². The largest absolute Gasteiger partial charge is 0.464 e. The molecule has 0 unspecified atom stereocenters. The Morgan fingerprint density at radius 1 is 1.00 bits per heavy atom. The molecule has 0 aliphatic heterocycles. The Balaban J connectivity index is 1.43. The molecule has 0 saturated carbocycles. The lowest BCUT2D eigenvalue weighted by atomic mass is 10.1. The maximum Gasteiger partial charge on any atom is 0.273 e. The number of nitrogens with one attached hydrogen (secondary N) is 1. The Bertz CT molecular complexity index is 1010. The first kappa shape index (κ1) is 15.8. The third kappa shape index (κ3) is 3.36. The highest BCUT2D eigenvalue weighted by atomic mass is 16.5. The number of hydrogen-bond acceptors (Lipinski definition) is 6. The Kier molecular flexibility index (Phi) is 4.26. The molecule has 0 spiro atoms. The van der Waals surface area contributed by atoms with E-state index in [0.29, 0.717) is 12.3 Å². The Labute approximate surface area is 148 Å². The van der Waals surface area contributed by atoms with Crippen LogP contribution in [0.4, 0.5) is 0 Å². The van der Waals surface area contributed by atoms with Crippen LogP contribution in [0.5, 0.6) is 0 Å². The lowest BCUT2D eigenvalue weighted by Crippen LogP contribution is -2.23. The van der Waals surface area contributed by atoms with Gasteiger partial charge in [0.25, 0.3) is 5.91 Å². The van der Waals surface area contributed by atoms with E-state index >= 15 is 0 Å². The monoisotopic (exact) mass is 346 g/mol. The highest BCUT2D eigenvalue weighted by molar-refractivity contribution is 5.93. The fraction of sp³-hybridized carbons (Fsp3) is 0.0526. The first-order valence-corrected chi connectivity index (χ1v) is 7.93. The third-order valence-corrected chi connectivity index (χ3v) is 3.74. The number of hydrogen-bond donors (Lipinski definition) is 1. The zero-order chi connectivity index (χ0) is 17.8. The van der Waals surface area contributed by atoms with Gasteiger partial charge in [-0.2, -0.15) is 0 Å². The Morgan fingerprint density at radius 3 is 2.73 bits per heavy atom. The van der Waals surface area contributed by atoms with Gasteiger partial charge in [-0.05, 0) is 35.9 Å². The topological polar surface area (TPSA) is 94.1 Å². The van der Waals surface area contributed by atoms with Crippen LogP contribution in [0.3, 0.4) is 0 Å². The second kappa shape index (κ2) is 7.02. The molecular weight excluding hydrogens is 332 g/mol.